The van der Waals surface area contributed by atoms with Crippen LogP contribution < -0.4 is 15.2 Å². The second-order valence-corrected chi connectivity index (χ2v) is 14.8. The lowest BCUT2D eigenvalue weighted by Crippen LogP contribution is -2.31. The van der Waals surface area contributed by atoms with Crippen LogP contribution in [0.1, 0.15) is 115 Å². The highest BCUT2D eigenvalue weighted by Gasteiger charge is 2.49. The first-order chi connectivity index (χ1) is 25.4. The molecule has 0 saturated carbocycles. The zero-order chi connectivity index (χ0) is 37.7. The highest BCUT2D eigenvalue weighted by molar-refractivity contribution is 7.98. The Labute approximate surface area is 311 Å². The number of carbonyl (C=O) groups is 4. The van der Waals surface area contributed by atoms with Crippen molar-refractivity contribution in [2.75, 3.05) is 4.90 Å². The van der Waals surface area contributed by atoms with E-state index in [2.05, 4.69) is 9.97 Å². The third-order valence-electron chi connectivity index (χ3n) is 9.83. The van der Waals surface area contributed by atoms with Gasteiger partial charge in [0.15, 0.2) is 11.6 Å². The lowest BCUT2D eigenvalue weighted by Gasteiger charge is -2.22. The van der Waals surface area contributed by atoms with Crippen LogP contribution in [0.3, 0.4) is 0 Å². The van der Waals surface area contributed by atoms with E-state index in [0.717, 1.165) is 33.1 Å². The van der Waals surface area contributed by atoms with Gasteiger partial charge >= 0.3 is 0 Å². The molecule has 7 rings (SSSR count). The Morgan fingerprint density at radius 2 is 1.51 bits per heavy atom. The third-order valence-corrected chi connectivity index (χ3v) is 10.9. The molecule has 0 bridgehead atoms. The second-order valence-electron chi connectivity index (χ2n) is 13.8. The van der Waals surface area contributed by atoms with Crippen LogP contribution in [0.2, 0.25) is 0 Å². The molecule has 1 unspecified atom stereocenters. The Hall–Kier alpha value is -5.61. The van der Waals surface area contributed by atoms with Crippen LogP contribution in [0.15, 0.2) is 88.6 Å². The maximum Gasteiger partial charge on any atom is 0.266 e. The number of allylic oxidation sites excluding steroid dienone is 2. The summed E-state index contributed by atoms with van der Waals surface area (Å²) in [5, 5.41) is 0.339. The summed E-state index contributed by atoms with van der Waals surface area (Å²) in [6.45, 7) is 11.0. The molecule has 268 valence electrons. The number of ether oxygens (including phenoxy) is 1. The number of anilines is 1. The summed E-state index contributed by atoms with van der Waals surface area (Å²) in [7, 11) is 0. The number of rotatable bonds is 10. The number of amides is 2. The van der Waals surface area contributed by atoms with E-state index in [9.17, 15) is 24.0 Å². The Morgan fingerprint density at radius 1 is 0.849 bits per heavy atom. The molecule has 10 heteroatoms. The predicted molar refractivity (Wildman–Crippen MR) is 207 cm³/mol. The summed E-state index contributed by atoms with van der Waals surface area (Å²) in [5.74, 6) is -2.70. The number of thioether (sulfide) groups is 1. The molecule has 0 fully saturated rings. The van der Waals surface area contributed by atoms with Crippen molar-refractivity contribution in [2.45, 2.75) is 76.6 Å². The summed E-state index contributed by atoms with van der Waals surface area (Å²) < 4.78 is 5.95. The number of fused-ring (bicyclic) bond motifs is 3. The molecule has 2 heterocycles. The van der Waals surface area contributed by atoms with Gasteiger partial charge in [0.05, 0.1) is 33.8 Å². The summed E-state index contributed by atoms with van der Waals surface area (Å²) in [5.41, 5.74) is 3.00. The minimum atomic E-state index is -1.42. The van der Waals surface area contributed by atoms with Crippen LogP contribution in [0.4, 0.5) is 5.69 Å². The summed E-state index contributed by atoms with van der Waals surface area (Å²) in [4.78, 5) is 79.9. The Morgan fingerprint density at radius 3 is 2.13 bits per heavy atom. The van der Waals surface area contributed by atoms with Gasteiger partial charge in [-0.1, -0.05) is 62.4 Å². The highest BCUT2D eigenvalue weighted by atomic mass is 32.2. The lowest BCUT2D eigenvalue weighted by molar-refractivity contribution is 0.0882. The van der Waals surface area contributed by atoms with Crippen molar-refractivity contribution < 1.29 is 23.9 Å². The standard InChI is InChI=1S/C43H39N3O6S/c1-7-8-12-23(4)29-17-15-27(52-22(2)3)19-32(29)46-42(50)35-24(5)33-34(25(6)36(35)43(46)51)39(48)37(38(33)47)40-44-31-18-16-28(20-30(31)41(49)45-40)53-21-26-13-10-9-11-14-26/h8-20,22-23,37H,7,21H2,1-6H3,(H,44,45,49)/b12-8-. The SMILES string of the molecule is CC/C=C\C(C)c1ccc(OC(C)C)cc1N1C(=O)c2c(C)c3c(c(C)c2C1=O)C(=O)C(c1nc2ccc(SCc4ccccc4)cc2c(=O)[nH]1)C3=O. The third kappa shape index (κ3) is 6.20. The van der Waals surface area contributed by atoms with E-state index in [1.807, 2.05) is 88.4 Å². The molecule has 0 radical (unpaired) electrons. The van der Waals surface area contributed by atoms with Gasteiger partial charge < -0.3 is 9.72 Å². The van der Waals surface area contributed by atoms with Crippen molar-refractivity contribution in [3.05, 3.63) is 140 Å². The van der Waals surface area contributed by atoms with Crippen LogP contribution in [0.5, 0.6) is 5.75 Å². The van der Waals surface area contributed by atoms with Gasteiger partial charge in [-0.3, -0.25) is 24.0 Å². The first kappa shape index (κ1) is 35.8. The molecule has 53 heavy (non-hydrogen) atoms. The Bertz CT molecular complexity index is 2390. The Balaban J connectivity index is 1.25. The number of hydrogen-bond donors (Lipinski definition) is 1. The van der Waals surface area contributed by atoms with Gasteiger partial charge in [0.1, 0.15) is 17.5 Å². The number of aromatic nitrogens is 2. The smallest absolute Gasteiger partial charge is 0.266 e. The molecule has 2 amide bonds. The highest BCUT2D eigenvalue weighted by Crippen LogP contribution is 2.45. The zero-order valence-corrected chi connectivity index (χ0v) is 31.2. The molecular weight excluding hydrogens is 687 g/mol. The van der Waals surface area contributed by atoms with Crippen molar-refractivity contribution in [1.29, 1.82) is 0 Å². The van der Waals surface area contributed by atoms with Gasteiger partial charge in [-0.25, -0.2) is 9.88 Å². The normalized spacial score (nSPS) is 15.0. The summed E-state index contributed by atoms with van der Waals surface area (Å²) in [6, 6.07) is 20.7. The average Bonchev–Trinajstić information content (AvgIpc) is 3.56. The predicted octanol–water partition coefficient (Wildman–Crippen LogP) is 8.65. The number of H-pyrrole nitrogens is 1. The van der Waals surface area contributed by atoms with Crippen molar-refractivity contribution in [2.24, 2.45) is 0 Å². The number of imide groups is 1. The van der Waals surface area contributed by atoms with E-state index in [1.54, 1.807) is 43.8 Å². The second kappa shape index (κ2) is 14.1. The van der Waals surface area contributed by atoms with Crippen LogP contribution in [0.25, 0.3) is 10.9 Å². The number of benzene rings is 4. The fourth-order valence-corrected chi connectivity index (χ4v) is 8.23. The maximum absolute atomic E-state index is 14.4. The minimum Gasteiger partial charge on any atom is -0.491 e. The quantitative estimate of drug-likeness (QED) is 0.0656. The van der Waals surface area contributed by atoms with Crippen molar-refractivity contribution in [1.82, 2.24) is 9.97 Å². The number of nitrogens with one attached hydrogen (secondary N) is 1. The number of Topliss-reactive ketones (excluding diaryl/α,β-unsaturated/α-hetero) is 2. The van der Waals surface area contributed by atoms with E-state index in [1.165, 1.54) is 0 Å². The van der Waals surface area contributed by atoms with Crippen molar-refractivity contribution in [3.8, 4) is 5.75 Å². The van der Waals surface area contributed by atoms with E-state index in [4.69, 9.17) is 4.74 Å². The van der Waals surface area contributed by atoms with Crippen LogP contribution >= 0.6 is 11.8 Å². The molecule has 0 spiro atoms. The minimum absolute atomic E-state index is 0.0719. The van der Waals surface area contributed by atoms with Crippen LogP contribution in [0, 0.1) is 13.8 Å². The molecule has 9 nitrogen and oxygen atoms in total. The maximum atomic E-state index is 14.4. The van der Waals surface area contributed by atoms with Gasteiger partial charge in [0, 0.05) is 33.8 Å². The number of nitrogens with zero attached hydrogens (tertiary/aromatic N) is 2. The van der Waals surface area contributed by atoms with Gasteiger partial charge in [0.25, 0.3) is 17.4 Å². The fraction of sp³-hybridized carbons (Fsp3) is 0.256. The molecule has 1 atom stereocenters. The molecule has 0 saturated heterocycles. The Kier molecular flexibility index (Phi) is 9.50. The largest absolute Gasteiger partial charge is 0.491 e. The monoisotopic (exact) mass is 725 g/mol. The molecule has 1 aromatic heterocycles. The molecule has 1 aliphatic carbocycles. The van der Waals surface area contributed by atoms with E-state index in [-0.39, 0.29) is 51.2 Å². The summed E-state index contributed by atoms with van der Waals surface area (Å²) in [6.07, 6.45) is 4.74. The fourth-order valence-electron chi connectivity index (χ4n) is 7.34. The van der Waals surface area contributed by atoms with Gasteiger partial charge in [-0.05, 0) is 80.6 Å². The van der Waals surface area contributed by atoms with Gasteiger partial charge in [0.2, 0.25) is 0 Å². The van der Waals surface area contributed by atoms with Gasteiger partial charge in [-0.15, -0.1) is 11.8 Å². The lowest BCUT2D eigenvalue weighted by atomic mass is 9.89. The number of carbonyl (C=O) groups excluding carboxylic acids is 4. The van der Waals surface area contributed by atoms with Crippen molar-refractivity contribution >= 4 is 51.7 Å². The first-order valence-corrected chi connectivity index (χ1v) is 18.7. The van der Waals surface area contributed by atoms with E-state index < -0.39 is 34.9 Å². The molecular formula is C43H39N3O6S. The molecule has 4 aromatic carbocycles. The van der Waals surface area contributed by atoms with Crippen molar-refractivity contribution in [3.63, 3.8) is 0 Å². The average molecular weight is 726 g/mol. The molecule has 1 aliphatic heterocycles. The zero-order valence-electron chi connectivity index (χ0n) is 30.4. The molecule has 5 aromatic rings. The number of aromatic amines is 1. The summed E-state index contributed by atoms with van der Waals surface area (Å²) >= 11 is 1.58. The number of hydrogen-bond acceptors (Lipinski definition) is 8. The first-order valence-electron chi connectivity index (χ1n) is 17.7. The van der Waals surface area contributed by atoms with Crippen LogP contribution in [-0.2, 0) is 5.75 Å². The van der Waals surface area contributed by atoms with Gasteiger partial charge in [-0.2, -0.15) is 0 Å². The number of ketones is 2. The topological polar surface area (TPSA) is 126 Å². The molecule has 1 N–H and O–H groups in total. The van der Waals surface area contributed by atoms with E-state index >= 15 is 0 Å². The van der Waals surface area contributed by atoms with E-state index in [0.29, 0.717) is 22.3 Å². The molecule has 2 aliphatic rings. The van der Waals surface area contributed by atoms with Crippen LogP contribution in [-0.4, -0.2) is 39.5 Å².